The Bertz CT molecular complexity index is 684. The minimum Gasteiger partial charge on any atom is -0.349 e. The van der Waals surface area contributed by atoms with Crippen LogP contribution in [0.5, 0.6) is 0 Å². The maximum atomic E-state index is 12.2. The second kappa shape index (κ2) is 7.87. The van der Waals surface area contributed by atoms with Crippen molar-refractivity contribution in [2.24, 2.45) is 0 Å². The third-order valence-electron chi connectivity index (χ3n) is 3.53. The average molecular weight is 377 g/mol. The average Bonchev–Trinajstić information content (AvgIpc) is 2.54. The maximum Gasteiger partial charge on any atom is 0.269 e. The number of amides is 1. The molecule has 0 aliphatic carbocycles. The molecule has 2 aromatic rings. The summed E-state index contributed by atoms with van der Waals surface area (Å²) >= 11 is 3.39. The number of carbonyl (C=O) groups excluding carboxylic acids is 1. The number of nitrogens with one attached hydrogen (secondary N) is 1. The molecule has 1 N–H and O–H groups in total. The van der Waals surface area contributed by atoms with Crippen LogP contribution in [0.3, 0.4) is 0 Å². The molecule has 0 fully saturated rings. The van der Waals surface area contributed by atoms with Crippen LogP contribution in [0.2, 0.25) is 0 Å². The van der Waals surface area contributed by atoms with Crippen molar-refractivity contribution in [2.75, 3.05) is 0 Å². The number of nitro groups is 1. The van der Waals surface area contributed by atoms with Crippen LogP contribution >= 0.6 is 15.9 Å². The van der Waals surface area contributed by atoms with Gasteiger partial charge in [-0.15, -0.1) is 0 Å². The molecule has 0 saturated carbocycles. The van der Waals surface area contributed by atoms with E-state index in [1.807, 2.05) is 31.2 Å². The van der Waals surface area contributed by atoms with Crippen LogP contribution in [-0.2, 0) is 11.2 Å². The van der Waals surface area contributed by atoms with Crippen molar-refractivity contribution in [2.45, 2.75) is 25.8 Å². The van der Waals surface area contributed by atoms with E-state index in [2.05, 4.69) is 21.2 Å². The largest absolute Gasteiger partial charge is 0.349 e. The van der Waals surface area contributed by atoms with Gasteiger partial charge in [-0.25, -0.2) is 0 Å². The Kier molecular flexibility index (Phi) is 5.87. The topological polar surface area (TPSA) is 72.2 Å². The van der Waals surface area contributed by atoms with Gasteiger partial charge in [-0.2, -0.15) is 0 Å². The summed E-state index contributed by atoms with van der Waals surface area (Å²) in [7, 11) is 0. The number of hydrogen-bond donors (Lipinski definition) is 1. The van der Waals surface area contributed by atoms with Crippen molar-refractivity contribution >= 4 is 27.5 Å². The summed E-state index contributed by atoms with van der Waals surface area (Å²) < 4.78 is 0.994. The van der Waals surface area contributed by atoms with Crippen molar-refractivity contribution < 1.29 is 9.72 Å². The zero-order valence-electron chi connectivity index (χ0n) is 12.7. The van der Waals surface area contributed by atoms with E-state index in [-0.39, 0.29) is 24.1 Å². The first-order valence-electron chi connectivity index (χ1n) is 7.27. The highest BCUT2D eigenvalue weighted by Gasteiger charge is 2.13. The summed E-state index contributed by atoms with van der Waals surface area (Å²) in [4.78, 5) is 22.4. The Hall–Kier alpha value is -2.21. The number of carbonyl (C=O) groups is 1. The molecule has 0 heterocycles. The number of nitrogens with zero attached hydrogens (tertiary/aromatic N) is 1. The van der Waals surface area contributed by atoms with Gasteiger partial charge < -0.3 is 5.32 Å². The first-order valence-corrected chi connectivity index (χ1v) is 8.07. The summed E-state index contributed by atoms with van der Waals surface area (Å²) in [5, 5.41) is 13.6. The molecule has 2 aromatic carbocycles. The molecule has 1 unspecified atom stereocenters. The van der Waals surface area contributed by atoms with Crippen LogP contribution in [0.4, 0.5) is 5.69 Å². The fourth-order valence-electron chi connectivity index (χ4n) is 2.28. The van der Waals surface area contributed by atoms with E-state index >= 15 is 0 Å². The molecule has 1 atom stereocenters. The Balaban J connectivity index is 1.99. The zero-order valence-corrected chi connectivity index (χ0v) is 14.2. The Morgan fingerprint density at radius 1 is 1.17 bits per heavy atom. The lowest BCUT2D eigenvalue weighted by Crippen LogP contribution is -2.29. The van der Waals surface area contributed by atoms with Crippen molar-refractivity contribution in [3.8, 4) is 0 Å². The fraction of sp³-hybridized carbons (Fsp3) is 0.235. The maximum absolute atomic E-state index is 12.2. The molecule has 1 amide bonds. The number of benzene rings is 2. The van der Waals surface area contributed by atoms with Gasteiger partial charge in [0, 0.05) is 16.6 Å². The van der Waals surface area contributed by atoms with Gasteiger partial charge in [0.1, 0.15) is 0 Å². The zero-order chi connectivity index (χ0) is 16.8. The van der Waals surface area contributed by atoms with Gasteiger partial charge in [0.05, 0.1) is 17.4 Å². The summed E-state index contributed by atoms with van der Waals surface area (Å²) in [6.07, 6.45) is 0.985. The highest BCUT2D eigenvalue weighted by molar-refractivity contribution is 9.10. The molecule has 5 nitrogen and oxygen atoms in total. The second-order valence-corrected chi connectivity index (χ2v) is 6.10. The number of hydrogen-bond acceptors (Lipinski definition) is 3. The van der Waals surface area contributed by atoms with Gasteiger partial charge in [-0.3, -0.25) is 14.9 Å². The van der Waals surface area contributed by atoms with Crippen LogP contribution in [0.25, 0.3) is 0 Å². The number of halogens is 1. The van der Waals surface area contributed by atoms with E-state index in [4.69, 9.17) is 0 Å². The molecule has 2 rings (SSSR count). The Labute approximate surface area is 143 Å². The predicted molar refractivity (Wildman–Crippen MR) is 92.1 cm³/mol. The summed E-state index contributed by atoms with van der Waals surface area (Å²) in [5.41, 5.74) is 1.82. The second-order valence-electron chi connectivity index (χ2n) is 5.18. The molecule has 120 valence electrons. The Morgan fingerprint density at radius 3 is 2.30 bits per heavy atom. The summed E-state index contributed by atoms with van der Waals surface area (Å²) in [6.45, 7) is 2.01. The van der Waals surface area contributed by atoms with Crippen molar-refractivity contribution in [1.82, 2.24) is 5.32 Å². The van der Waals surface area contributed by atoms with Crippen LogP contribution in [0, 0.1) is 10.1 Å². The molecular weight excluding hydrogens is 360 g/mol. The highest BCUT2D eigenvalue weighted by atomic mass is 79.9. The molecule has 6 heteroatoms. The minimum absolute atomic E-state index is 0.0236. The van der Waals surface area contributed by atoms with Crippen LogP contribution in [-0.4, -0.2) is 10.8 Å². The lowest BCUT2D eigenvalue weighted by molar-refractivity contribution is -0.384. The van der Waals surface area contributed by atoms with E-state index in [9.17, 15) is 14.9 Å². The smallest absolute Gasteiger partial charge is 0.269 e. The van der Waals surface area contributed by atoms with Crippen molar-refractivity contribution in [1.29, 1.82) is 0 Å². The highest BCUT2D eigenvalue weighted by Crippen LogP contribution is 2.20. The van der Waals surface area contributed by atoms with E-state index in [1.54, 1.807) is 12.1 Å². The van der Waals surface area contributed by atoms with Crippen molar-refractivity contribution in [3.63, 3.8) is 0 Å². The quantitative estimate of drug-likeness (QED) is 0.607. The standard InChI is InChI=1S/C17H17BrN2O3/c1-2-16(13-5-7-14(18)8-6-13)19-17(21)11-12-3-9-15(10-4-12)20(22)23/h3-10,16H,2,11H2,1H3,(H,19,21). The SMILES string of the molecule is CCC(NC(=O)Cc1ccc([N+](=O)[O-])cc1)c1ccc(Br)cc1. The molecule has 0 saturated heterocycles. The number of rotatable bonds is 6. The third-order valence-corrected chi connectivity index (χ3v) is 4.06. The molecule has 0 spiro atoms. The van der Waals surface area contributed by atoms with Crippen LogP contribution in [0.15, 0.2) is 53.0 Å². The van der Waals surface area contributed by atoms with E-state index in [0.717, 1.165) is 22.0 Å². The predicted octanol–water partition coefficient (Wildman–Crippen LogP) is 4.17. The molecule has 0 aliphatic heterocycles. The molecule has 0 radical (unpaired) electrons. The van der Waals surface area contributed by atoms with Crippen molar-refractivity contribution in [3.05, 3.63) is 74.2 Å². The summed E-state index contributed by atoms with van der Waals surface area (Å²) in [6, 6.07) is 13.8. The van der Waals surface area contributed by atoms with Gasteiger partial charge in [0.25, 0.3) is 5.69 Å². The molecule has 0 bridgehead atoms. The van der Waals surface area contributed by atoms with E-state index in [1.165, 1.54) is 12.1 Å². The molecular formula is C17H17BrN2O3. The van der Waals surface area contributed by atoms with Crippen LogP contribution < -0.4 is 5.32 Å². The van der Waals surface area contributed by atoms with E-state index < -0.39 is 4.92 Å². The first kappa shape index (κ1) is 17.1. The Morgan fingerprint density at radius 2 is 1.78 bits per heavy atom. The fourth-order valence-corrected chi connectivity index (χ4v) is 2.55. The first-order chi connectivity index (χ1) is 11.0. The van der Waals surface area contributed by atoms with Gasteiger partial charge in [0.15, 0.2) is 0 Å². The monoisotopic (exact) mass is 376 g/mol. The van der Waals surface area contributed by atoms with Gasteiger partial charge in [-0.1, -0.05) is 47.1 Å². The lowest BCUT2D eigenvalue weighted by Gasteiger charge is -2.17. The van der Waals surface area contributed by atoms with E-state index in [0.29, 0.717) is 0 Å². The molecule has 0 aromatic heterocycles. The summed E-state index contributed by atoms with van der Waals surface area (Å²) in [5.74, 6) is -0.103. The van der Waals surface area contributed by atoms with Gasteiger partial charge >= 0.3 is 0 Å². The van der Waals surface area contributed by atoms with Gasteiger partial charge in [0.2, 0.25) is 5.91 Å². The van der Waals surface area contributed by atoms with Crippen LogP contribution in [0.1, 0.15) is 30.5 Å². The number of non-ortho nitro benzene ring substituents is 1. The molecule has 23 heavy (non-hydrogen) atoms. The minimum atomic E-state index is -0.454. The number of nitro benzene ring substituents is 1. The third kappa shape index (κ3) is 4.89. The lowest BCUT2D eigenvalue weighted by atomic mass is 10.0. The molecule has 0 aliphatic rings. The normalized spacial score (nSPS) is 11.7. The van der Waals surface area contributed by atoms with Gasteiger partial charge in [-0.05, 0) is 29.7 Å².